The number of aromatic nitrogens is 3. The fourth-order valence-electron chi connectivity index (χ4n) is 4.24. The van der Waals surface area contributed by atoms with Gasteiger partial charge in [0.1, 0.15) is 11.3 Å². The van der Waals surface area contributed by atoms with Crippen molar-refractivity contribution in [1.29, 1.82) is 0 Å². The third-order valence-electron chi connectivity index (χ3n) is 5.66. The lowest BCUT2D eigenvalue weighted by Crippen LogP contribution is -2.29. The van der Waals surface area contributed by atoms with Crippen molar-refractivity contribution in [3.05, 3.63) is 107 Å². The van der Waals surface area contributed by atoms with Crippen molar-refractivity contribution in [1.82, 2.24) is 19.3 Å². The van der Waals surface area contributed by atoms with Gasteiger partial charge >= 0.3 is 0 Å². The molecule has 1 amide bonds. The Hall–Kier alpha value is -4.26. The highest BCUT2D eigenvalue weighted by molar-refractivity contribution is 6.46. The van der Waals surface area contributed by atoms with Crippen LogP contribution in [0.1, 0.15) is 28.6 Å². The molecule has 4 heterocycles. The summed E-state index contributed by atoms with van der Waals surface area (Å²) in [6, 6.07) is 17.6. The Labute approximate surface area is 184 Å². The van der Waals surface area contributed by atoms with E-state index >= 15 is 0 Å². The predicted molar refractivity (Wildman–Crippen MR) is 118 cm³/mol. The highest BCUT2D eigenvalue weighted by atomic mass is 16.3. The van der Waals surface area contributed by atoms with Gasteiger partial charge in [-0.3, -0.25) is 19.0 Å². The smallest absolute Gasteiger partial charge is 0.295 e. The van der Waals surface area contributed by atoms with Crippen LogP contribution in [-0.2, 0) is 16.1 Å². The number of Topliss-reactive ketones (excluding diaryl/α,β-unsaturated/α-hetero) is 1. The van der Waals surface area contributed by atoms with Gasteiger partial charge < -0.3 is 10.0 Å². The highest BCUT2D eigenvalue weighted by Crippen LogP contribution is 2.40. The van der Waals surface area contributed by atoms with Crippen LogP contribution in [0.2, 0.25) is 0 Å². The minimum absolute atomic E-state index is 0.0545. The van der Waals surface area contributed by atoms with Crippen LogP contribution in [-0.4, -0.2) is 36.1 Å². The molecule has 1 aromatic carbocycles. The first-order valence-electron chi connectivity index (χ1n) is 10.2. The Morgan fingerprint density at radius 1 is 1.03 bits per heavy atom. The van der Waals surface area contributed by atoms with Crippen LogP contribution in [0.5, 0.6) is 0 Å². The average molecular weight is 424 g/mol. The summed E-state index contributed by atoms with van der Waals surface area (Å²) in [5.41, 5.74) is 3.20. The molecule has 3 aromatic heterocycles. The number of carbonyl (C=O) groups is 2. The van der Waals surface area contributed by atoms with Crippen molar-refractivity contribution >= 4 is 23.1 Å². The zero-order valence-electron chi connectivity index (χ0n) is 17.3. The number of likely N-dealkylation sites (tertiary alicyclic amines) is 1. The normalized spacial score (nSPS) is 17.9. The van der Waals surface area contributed by atoms with E-state index in [1.165, 1.54) is 4.90 Å². The maximum absolute atomic E-state index is 13.2. The van der Waals surface area contributed by atoms with Gasteiger partial charge in [0.2, 0.25) is 0 Å². The van der Waals surface area contributed by atoms with Gasteiger partial charge in [-0.2, -0.15) is 0 Å². The van der Waals surface area contributed by atoms with Gasteiger partial charge in [-0.25, -0.2) is 4.98 Å². The van der Waals surface area contributed by atoms with E-state index in [1.54, 1.807) is 36.0 Å². The van der Waals surface area contributed by atoms with E-state index in [-0.39, 0.29) is 17.9 Å². The number of imidazole rings is 1. The molecular weight excluding hydrogens is 404 g/mol. The van der Waals surface area contributed by atoms with Crippen LogP contribution in [0.4, 0.5) is 0 Å². The molecule has 1 saturated heterocycles. The number of rotatable bonds is 4. The highest BCUT2D eigenvalue weighted by Gasteiger charge is 2.46. The molecule has 7 nitrogen and oxygen atoms in total. The van der Waals surface area contributed by atoms with Gasteiger partial charge in [0.05, 0.1) is 17.3 Å². The Kier molecular flexibility index (Phi) is 4.78. The molecule has 1 unspecified atom stereocenters. The fraction of sp³-hybridized carbons (Fsp3) is 0.120. The summed E-state index contributed by atoms with van der Waals surface area (Å²) in [5.74, 6) is -1.61. The van der Waals surface area contributed by atoms with Crippen LogP contribution >= 0.6 is 0 Å². The second-order valence-electron chi connectivity index (χ2n) is 7.67. The summed E-state index contributed by atoms with van der Waals surface area (Å²) in [5, 5.41) is 11.4. The third-order valence-corrected chi connectivity index (χ3v) is 5.66. The van der Waals surface area contributed by atoms with Crippen molar-refractivity contribution in [3.8, 4) is 0 Å². The standard InChI is InChI=1S/C25H20N4O3/c1-16-21(28-13-6-5-11-19(28)27-16)23(30)20-22(18-9-3-2-4-10-18)29(25(32)24(20)31)15-17-8-7-12-26-14-17/h2-14,22,30H,15H2,1H3/b23-20+. The van der Waals surface area contributed by atoms with E-state index in [0.29, 0.717) is 17.0 Å². The quantitative estimate of drug-likeness (QED) is 0.307. The number of fused-ring (bicyclic) bond motifs is 1. The Bertz CT molecular complexity index is 1360. The molecule has 0 aliphatic carbocycles. The molecule has 4 aromatic rings. The topological polar surface area (TPSA) is 87.8 Å². The van der Waals surface area contributed by atoms with Crippen LogP contribution in [0.25, 0.3) is 11.4 Å². The Morgan fingerprint density at radius 2 is 1.81 bits per heavy atom. The zero-order valence-corrected chi connectivity index (χ0v) is 17.3. The van der Waals surface area contributed by atoms with Crippen molar-refractivity contribution in [3.63, 3.8) is 0 Å². The first-order chi connectivity index (χ1) is 15.6. The van der Waals surface area contributed by atoms with E-state index in [0.717, 1.165) is 11.1 Å². The summed E-state index contributed by atoms with van der Waals surface area (Å²) in [4.78, 5) is 36.4. The number of nitrogens with zero attached hydrogens (tertiary/aromatic N) is 4. The minimum atomic E-state index is -0.731. The molecule has 1 aliphatic heterocycles. The molecule has 158 valence electrons. The molecule has 1 atom stereocenters. The van der Waals surface area contributed by atoms with E-state index in [9.17, 15) is 14.7 Å². The number of ketones is 1. The van der Waals surface area contributed by atoms with Gasteiger partial charge in [-0.1, -0.05) is 42.5 Å². The minimum Gasteiger partial charge on any atom is -0.505 e. The second-order valence-corrected chi connectivity index (χ2v) is 7.67. The molecule has 5 rings (SSSR count). The monoisotopic (exact) mass is 424 g/mol. The Morgan fingerprint density at radius 3 is 2.56 bits per heavy atom. The molecule has 32 heavy (non-hydrogen) atoms. The fourth-order valence-corrected chi connectivity index (χ4v) is 4.24. The maximum Gasteiger partial charge on any atom is 0.295 e. The number of amides is 1. The molecule has 1 N–H and O–H groups in total. The number of carbonyl (C=O) groups excluding carboxylic acids is 2. The number of aryl methyl sites for hydroxylation is 1. The molecule has 0 spiro atoms. The first-order valence-corrected chi connectivity index (χ1v) is 10.2. The predicted octanol–water partition coefficient (Wildman–Crippen LogP) is 3.66. The number of pyridine rings is 2. The SMILES string of the molecule is Cc1nc2ccccn2c1/C(O)=C1\C(=O)C(=O)N(Cc2cccnc2)C1c1ccccc1. The summed E-state index contributed by atoms with van der Waals surface area (Å²) in [6.45, 7) is 1.96. The molecule has 1 fully saturated rings. The van der Waals surface area contributed by atoms with Gasteiger partial charge in [0.25, 0.3) is 11.7 Å². The number of benzene rings is 1. The lowest BCUT2D eigenvalue weighted by Gasteiger charge is -2.25. The molecule has 7 heteroatoms. The summed E-state index contributed by atoms with van der Waals surface area (Å²) >= 11 is 0. The molecule has 0 bridgehead atoms. The second kappa shape index (κ2) is 7.77. The Balaban J connectivity index is 1.71. The van der Waals surface area contributed by atoms with Gasteiger partial charge in [0.15, 0.2) is 5.76 Å². The van der Waals surface area contributed by atoms with Crippen LogP contribution in [0.3, 0.4) is 0 Å². The van der Waals surface area contributed by atoms with Crippen LogP contribution < -0.4 is 0 Å². The lowest BCUT2D eigenvalue weighted by atomic mass is 9.96. The van der Waals surface area contributed by atoms with Gasteiger partial charge in [-0.15, -0.1) is 0 Å². The van der Waals surface area contributed by atoms with Crippen LogP contribution in [0, 0.1) is 6.92 Å². The number of hydrogen-bond acceptors (Lipinski definition) is 5. The van der Waals surface area contributed by atoms with Crippen LogP contribution in [0.15, 0.2) is 84.8 Å². The third kappa shape index (κ3) is 3.15. The number of aliphatic hydroxyl groups is 1. The van der Waals surface area contributed by atoms with Crippen molar-refractivity contribution < 1.29 is 14.7 Å². The van der Waals surface area contributed by atoms with Crippen molar-refractivity contribution in [2.75, 3.05) is 0 Å². The summed E-state index contributed by atoms with van der Waals surface area (Å²) < 4.78 is 1.72. The molecule has 0 saturated carbocycles. The van der Waals surface area contributed by atoms with E-state index in [1.807, 2.05) is 54.6 Å². The number of hydrogen-bond donors (Lipinski definition) is 1. The maximum atomic E-state index is 13.2. The largest absolute Gasteiger partial charge is 0.505 e. The zero-order chi connectivity index (χ0) is 22.2. The van der Waals surface area contributed by atoms with E-state index < -0.39 is 17.7 Å². The van der Waals surface area contributed by atoms with Gasteiger partial charge in [0, 0.05) is 25.1 Å². The van der Waals surface area contributed by atoms with Gasteiger partial charge in [-0.05, 0) is 36.2 Å². The summed E-state index contributed by atoms with van der Waals surface area (Å²) in [6.07, 6.45) is 5.09. The average Bonchev–Trinajstić information content (AvgIpc) is 3.28. The van der Waals surface area contributed by atoms with Crippen molar-refractivity contribution in [2.45, 2.75) is 19.5 Å². The van der Waals surface area contributed by atoms with E-state index in [4.69, 9.17) is 0 Å². The number of aliphatic hydroxyl groups excluding tert-OH is 1. The molecule has 1 aliphatic rings. The summed E-state index contributed by atoms with van der Waals surface area (Å²) in [7, 11) is 0. The first kappa shape index (κ1) is 19.7. The van der Waals surface area contributed by atoms with E-state index in [2.05, 4.69) is 9.97 Å². The molecule has 0 radical (unpaired) electrons. The molecular formula is C25H20N4O3. The lowest BCUT2D eigenvalue weighted by molar-refractivity contribution is -0.140. The van der Waals surface area contributed by atoms with Crippen molar-refractivity contribution in [2.24, 2.45) is 0 Å².